The van der Waals surface area contributed by atoms with Crippen molar-refractivity contribution in [3.05, 3.63) is 12.2 Å². The second-order valence-electron chi connectivity index (χ2n) is 15.6. The molecule has 0 aromatic heterocycles. The molecule has 0 radical (unpaired) electrons. The van der Waals surface area contributed by atoms with E-state index in [9.17, 15) is 14.4 Å². The molecule has 47 heavy (non-hydrogen) atoms. The van der Waals surface area contributed by atoms with Crippen molar-refractivity contribution >= 4 is 17.9 Å². The number of carbonyl (C=O) groups excluding carboxylic acids is 3. The number of urea groups is 1. The van der Waals surface area contributed by atoms with Crippen LogP contribution in [0.1, 0.15) is 164 Å². The van der Waals surface area contributed by atoms with Crippen LogP contribution in [0.3, 0.4) is 0 Å². The van der Waals surface area contributed by atoms with E-state index in [1.165, 1.54) is 70.6 Å². The summed E-state index contributed by atoms with van der Waals surface area (Å²) in [7, 11) is 0. The Morgan fingerprint density at radius 3 is 2.17 bits per heavy atom. The van der Waals surface area contributed by atoms with E-state index >= 15 is 0 Å². The van der Waals surface area contributed by atoms with Crippen LogP contribution >= 0.6 is 0 Å². The Balaban J connectivity index is 1.62. The highest BCUT2D eigenvalue weighted by molar-refractivity contribution is 5.82. The molecule has 1 aliphatic carbocycles. The fraction of sp³-hybridized carbons (Fsp3) is 0.868. The molecule has 9 nitrogen and oxygen atoms in total. The lowest BCUT2D eigenvalue weighted by molar-refractivity contribution is -0.304. The van der Waals surface area contributed by atoms with Gasteiger partial charge in [-0.2, -0.15) is 0 Å². The molecule has 0 bridgehead atoms. The molecule has 2 fully saturated rings. The first-order valence-corrected chi connectivity index (χ1v) is 18.8. The maximum Gasteiger partial charge on any atom is 0.315 e. The lowest BCUT2D eigenvalue weighted by atomic mass is 9.85. The van der Waals surface area contributed by atoms with Gasteiger partial charge in [0.25, 0.3) is 0 Å². The highest BCUT2D eigenvalue weighted by Crippen LogP contribution is 2.35. The first kappa shape index (κ1) is 41.0. The van der Waals surface area contributed by atoms with Gasteiger partial charge in [0.2, 0.25) is 5.91 Å². The van der Waals surface area contributed by atoms with Crippen LogP contribution in [0.5, 0.6) is 0 Å². The summed E-state index contributed by atoms with van der Waals surface area (Å²) in [6, 6.07) is -0.441. The quantitative estimate of drug-likeness (QED) is 0.0647. The van der Waals surface area contributed by atoms with Gasteiger partial charge in [0, 0.05) is 17.5 Å². The summed E-state index contributed by atoms with van der Waals surface area (Å²) in [5.41, 5.74) is -0.802. The minimum atomic E-state index is -0.842. The molecule has 3 atom stereocenters. The first-order chi connectivity index (χ1) is 22.2. The van der Waals surface area contributed by atoms with E-state index in [1.807, 2.05) is 13.8 Å². The van der Waals surface area contributed by atoms with Crippen LogP contribution in [0, 0.1) is 5.41 Å². The molecule has 3 N–H and O–H groups in total. The van der Waals surface area contributed by atoms with Gasteiger partial charge in [-0.05, 0) is 79.1 Å². The van der Waals surface area contributed by atoms with Crippen molar-refractivity contribution in [3.8, 4) is 0 Å². The van der Waals surface area contributed by atoms with Crippen molar-refractivity contribution in [2.75, 3.05) is 13.2 Å². The minimum absolute atomic E-state index is 0.0530. The van der Waals surface area contributed by atoms with Gasteiger partial charge in [0.15, 0.2) is 5.79 Å². The first-order valence-electron chi connectivity index (χ1n) is 18.8. The highest BCUT2D eigenvalue weighted by Gasteiger charge is 2.45. The van der Waals surface area contributed by atoms with Crippen molar-refractivity contribution < 1.29 is 28.6 Å². The number of rotatable bonds is 21. The van der Waals surface area contributed by atoms with Gasteiger partial charge < -0.3 is 30.2 Å². The Hall–Kier alpha value is -2.13. The van der Waals surface area contributed by atoms with E-state index in [4.69, 9.17) is 14.2 Å². The van der Waals surface area contributed by atoms with Gasteiger partial charge in [-0.15, -0.1) is 0 Å². The second kappa shape index (κ2) is 21.1. The lowest BCUT2D eigenvalue weighted by Gasteiger charge is -2.44. The van der Waals surface area contributed by atoms with Gasteiger partial charge in [0.05, 0.1) is 19.1 Å². The van der Waals surface area contributed by atoms with Crippen LogP contribution in [0.4, 0.5) is 4.79 Å². The van der Waals surface area contributed by atoms with Gasteiger partial charge in [0.1, 0.15) is 12.2 Å². The third-order valence-electron chi connectivity index (χ3n) is 9.34. The van der Waals surface area contributed by atoms with E-state index in [-0.39, 0.29) is 48.6 Å². The molecule has 1 saturated heterocycles. The fourth-order valence-electron chi connectivity index (χ4n) is 6.37. The third kappa shape index (κ3) is 17.2. The Kier molecular flexibility index (Phi) is 18.4. The van der Waals surface area contributed by atoms with E-state index < -0.39 is 17.3 Å². The predicted molar refractivity (Wildman–Crippen MR) is 189 cm³/mol. The smallest absolute Gasteiger partial charge is 0.315 e. The summed E-state index contributed by atoms with van der Waals surface area (Å²) >= 11 is 0. The molecule has 0 aromatic rings. The number of esters is 1. The molecule has 9 heteroatoms. The summed E-state index contributed by atoms with van der Waals surface area (Å²) in [4.78, 5) is 38.5. The number of ether oxygens (including phenoxy) is 3. The molecular weight excluding hydrogens is 594 g/mol. The zero-order chi connectivity index (χ0) is 34.8. The van der Waals surface area contributed by atoms with Crippen molar-refractivity contribution in [2.45, 2.75) is 194 Å². The number of hydrogen-bond donors (Lipinski definition) is 3. The monoisotopic (exact) mass is 664 g/mol. The van der Waals surface area contributed by atoms with Crippen LogP contribution in [-0.4, -0.2) is 60.6 Å². The molecule has 2 aliphatic rings. The average molecular weight is 664 g/mol. The molecule has 0 spiro atoms. The molecule has 3 amide bonds. The Bertz CT molecular complexity index is 963. The summed E-state index contributed by atoms with van der Waals surface area (Å²) in [5, 5.41) is 9.06. The van der Waals surface area contributed by atoms with Gasteiger partial charge in [-0.1, -0.05) is 90.7 Å². The van der Waals surface area contributed by atoms with Gasteiger partial charge in [-0.25, -0.2) is 4.79 Å². The molecule has 1 saturated carbocycles. The van der Waals surface area contributed by atoms with Gasteiger partial charge in [-0.3, -0.25) is 9.59 Å². The Morgan fingerprint density at radius 1 is 0.872 bits per heavy atom. The van der Waals surface area contributed by atoms with Crippen molar-refractivity contribution in [3.63, 3.8) is 0 Å². The number of unbranched alkanes of at least 4 members (excludes halogenated alkanes) is 10. The second-order valence-corrected chi connectivity index (χ2v) is 15.6. The number of hydrogen-bond acceptors (Lipinski definition) is 6. The summed E-state index contributed by atoms with van der Waals surface area (Å²) < 4.78 is 17.4. The van der Waals surface area contributed by atoms with Crippen molar-refractivity contribution in [1.82, 2.24) is 16.0 Å². The molecule has 3 unspecified atom stereocenters. The normalized spacial score (nSPS) is 22.5. The number of carbonyl (C=O) groups is 3. The predicted octanol–water partition coefficient (Wildman–Crippen LogP) is 8.25. The molecule has 1 aliphatic heterocycles. The summed E-state index contributed by atoms with van der Waals surface area (Å²) in [5.74, 6) is -1.49. The zero-order valence-electron chi connectivity index (χ0n) is 31.0. The van der Waals surface area contributed by atoms with E-state index in [2.05, 4.69) is 48.9 Å². The number of amides is 3. The third-order valence-corrected chi connectivity index (χ3v) is 9.34. The van der Waals surface area contributed by atoms with Gasteiger partial charge >= 0.3 is 12.0 Å². The topological polar surface area (TPSA) is 115 Å². The SMILES string of the molecule is CCCCCCC=CCCCCCCCCC(C)(C)NC(=O)NC1CCCCC1OC(=O)CCNC(=O)C1OC(C)(C)OCC1(C)C. The number of allylic oxidation sites excluding steroid dienone is 2. The minimum Gasteiger partial charge on any atom is -0.460 e. The molecule has 0 aromatic carbocycles. The summed E-state index contributed by atoms with van der Waals surface area (Å²) in [6.45, 7) is 14.4. The number of nitrogens with one attached hydrogen (secondary N) is 3. The lowest BCUT2D eigenvalue weighted by Crippen LogP contribution is -2.56. The maximum absolute atomic E-state index is 13.0. The largest absolute Gasteiger partial charge is 0.460 e. The highest BCUT2D eigenvalue weighted by atomic mass is 16.7. The van der Waals surface area contributed by atoms with E-state index in [1.54, 1.807) is 13.8 Å². The standard InChI is InChI=1S/C38H69N3O6/c1-8-9-10-11-12-13-14-15-16-17-18-19-20-23-27-37(4,5)41-35(44)40-30-24-21-22-25-31(30)46-32(42)26-28-39-34(43)33-36(2,3)29-45-38(6,7)47-33/h13-14,30-31,33H,8-12,15-29H2,1-7H3,(H,39,43)(H2,40,41,44). The zero-order valence-corrected chi connectivity index (χ0v) is 31.0. The van der Waals surface area contributed by atoms with Crippen LogP contribution in [0.2, 0.25) is 0 Å². The van der Waals surface area contributed by atoms with Crippen LogP contribution in [-0.2, 0) is 23.8 Å². The van der Waals surface area contributed by atoms with Crippen molar-refractivity contribution in [2.24, 2.45) is 5.41 Å². The van der Waals surface area contributed by atoms with Crippen LogP contribution in [0.25, 0.3) is 0 Å². The Labute approximate surface area is 286 Å². The fourth-order valence-corrected chi connectivity index (χ4v) is 6.37. The molecule has 2 rings (SSSR count). The molecular formula is C38H69N3O6. The summed E-state index contributed by atoms with van der Waals surface area (Å²) in [6.07, 6.45) is 23.1. The maximum atomic E-state index is 13.0. The molecule has 1 heterocycles. The van der Waals surface area contributed by atoms with E-state index in [0.717, 1.165) is 32.1 Å². The average Bonchev–Trinajstić information content (AvgIpc) is 2.99. The Morgan fingerprint density at radius 2 is 1.49 bits per heavy atom. The van der Waals surface area contributed by atoms with Crippen LogP contribution < -0.4 is 16.0 Å². The molecule has 272 valence electrons. The van der Waals surface area contributed by atoms with E-state index in [0.29, 0.717) is 13.0 Å². The van der Waals surface area contributed by atoms with Crippen LogP contribution in [0.15, 0.2) is 12.2 Å². The van der Waals surface area contributed by atoms with Crippen molar-refractivity contribution in [1.29, 1.82) is 0 Å².